The van der Waals surface area contributed by atoms with Gasteiger partial charge in [0, 0.05) is 0 Å². The molecular weight excluding hydrogens is 168 g/mol. The standard InChI is InChI=1S/C11H13.CH3.Mg/c1-2-6-10(7-3-1)11-8-4-5-9-11;;/h1-4,6-7,11H,5,8-9H2;1H3;/q2*-1;+2. The monoisotopic (exact) mass is 184 g/mol. The maximum Gasteiger partial charge on any atom is 2.00 e. The van der Waals surface area contributed by atoms with Gasteiger partial charge in [-0.3, -0.25) is 0 Å². The van der Waals surface area contributed by atoms with Gasteiger partial charge in [0.05, 0.1) is 0 Å². The van der Waals surface area contributed by atoms with Crippen LogP contribution < -0.4 is 0 Å². The normalized spacial score (nSPS) is 20.2. The Labute approximate surface area is 97.9 Å². The smallest absolute Gasteiger partial charge is 0.358 e. The second kappa shape index (κ2) is 6.44. The molecule has 1 atom stereocenters. The predicted molar refractivity (Wildman–Crippen MR) is 59.5 cm³/mol. The number of benzene rings is 1. The molecule has 0 heterocycles. The Morgan fingerprint density at radius 2 is 1.85 bits per heavy atom. The third kappa shape index (κ3) is 3.32. The first-order valence-electron chi connectivity index (χ1n) is 4.33. The Kier molecular flexibility index (Phi) is 6.43. The van der Waals surface area contributed by atoms with Gasteiger partial charge >= 0.3 is 23.1 Å². The second-order valence-corrected chi connectivity index (χ2v) is 3.21. The first-order chi connectivity index (χ1) is 5.47. The summed E-state index contributed by atoms with van der Waals surface area (Å²) in [5.74, 6) is 0.816. The van der Waals surface area contributed by atoms with E-state index in [4.69, 9.17) is 0 Å². The Bertz CT molecular complexity index is 212. The molecule has 0 spiro atoms. The van der Waals surface area contributed by atoms with Gasteiger partial charge in [0.25, 0.3) is 0 Å². The fourth-order valence-corrected chi connectivity index (χ4v) is 1.78. The summed E-state index contributed by atoms with van der Waals surface area (Å²) in [7, 11) is 0. The van der Waals surface area contributed by atoms with E-state index in [-0.39, 0.29) is 30.5 Å². The van der Waals surface area contributed by atoms with Gasteiger partial charge in [-0.25, -0.2) is 0 Å². The molecule has 0 amide bonds. The van der Waals surface area contributed by atoms with Crippen LogP contribution in [-0.4, -0.2) is 23.1 Å². The van der Waals surface area contributed by atoms with Gasteiger partial charge in [-0.05, 0) is 11.5 Å². The van der Waals surface area contributed by atoms with Crippen molar-refractivity contribution in [3.05, 3.63) is 49.7 Å². The molecule has 2 rings (SSSR count). The van der Waals surface area contributed by atoms with Crippen molar-refractivity contribution in [3.8, 4) is 0 Å². The van der Waals surface area contributed by atoms with Crippen molar-refractivity contribution in [1.29, 1.82) is 0 Å². The van der Waals surface area contributed by atoms with Gasteiger partial charge < -0.3 is 13.8 Å². The van der Waals surface area contributed by atoms with Gasteiger partial charge in [-0.15, -0.1) is 0 Å². The molecule has 0 saturated heterocycles. The zero-order valence-electron chi connectivity index (χ0n) is 8.37. The molecule has 0 N–H and O–H groups in total. The summed E-state index contributed by atoms with van der Waals surface area (Å²) in [6.45, 7) is 0. The summed E-state index contributed by atoms with van der Waals surface area (Å²) in [6, 6.07) is 10.8. The minimum atomic E-state index is 0. The Balaban J connectivity index is 0.000000720. The largest absolute Gasteiger partial charge is 2.00 e. The fourth-order valence-electron chi connectivity index (χ4n) is 1.78. The molecule has 1 aromatic carbocycles. The average Bonchev–Trinajstić information content (AvgIpc) is 2.58. The number of hydrogen-bond donors (Lipinski definition) is 0. The number of hydrogen-bond acceptors (Lipinski definition) is 0. The van der Waals surface area contributed by atoms with Gasteiger partial charge in [0.2, 0.25) is 0 Å². The summed E-state index contributed by atoms with van der Waals surface area (Å²) in [6.07, 6.45) is 6.34. The Morgan fingerprint density at radius 1 is 1.15 bits per heavy atom. The molecular formula is C12H16Mg. The topological polar surface area (TPSA) is 0 Å². The second-order valence-electron chi connectivity index (χ2n) is 3.21. The van der Waals surface area contributed by atoms with Crippen LogP contribution in [0.5, 0.6) is 0 Å². The number of rotatable bonds is 1. The molecule has 1 unspecified atom stereocenters. The van der Waals surface area contributed by atoms with E-state index in [9.17, 15) is 0 Å². The van der Waals surface area contributed by atoms with E-state index in [0.29, 0.717) is 0 Å². The Morgan fingerprint density at radius 3 is 2.38 bits per heavy atom. The van der Waals surface area contributed by atoms with E-state index in [0.717, 1.165) is 5.92 Å². The van der Waals surface area contributed by atoms with Crippen LogP contribution >= 0.6 is 0 Å². The quantitative estimate of drug-likeness (QED) is 0.464. The van der Waals surface area contributed by atoms with E-state index in [2.05, 4.69) is 36.8 Å². The fraction of sp³-hybridized carbons (Fsp3) is 0.333. The molecule has 1 aromatic rings. The molecule has 1 aliphatic carbocycles. The van der Waals surface area contributed by atoms with Crippen LogP contribution in [0.25, 0.3) is 0 Å². The predicted octanol–water partition coefficient (Wildman–Crippen LogP) is 3.23. The molecule has 0 aliphatic heterocycles. The minimum absolute atomic E-state index is 0. The van der Waals surface area contributed by atoms with E-state index >= 15 is 0 Å². The molecule has 13 heavy (non-hydrogen) atoms. The minimum Gasteiger partial charge on any atom is -0.358 e. The van der Waals surface area contributed by atoms with Gasteiger partial charge in [0.15, 0.2) is 0 Å². The molecule has 0 radical (unpaired) electrons. The Hall–Kier alpha value is -0.0138. The zero-order chi connectivity index (χ0) is 7.52. The van der Waals surface area contributed by atoms with Crippen LogP contribution in [0.4, 0.5) is 0 Å². The van der Waals surface area contributed by atoms with E-state index in [1.807, 2.05) is 0 Å². The summed E-state index contributed by atoms with van der Waals surface area (Å²) in [4.78, 5) is 0. The van der Waals surface area contributed by atoms with E-state index < -0.39 is 0 Å². The molecule has 0 nitrogen and oxygen atoms in total. The van der Waals surface area contributed by atoms with Crippen LogP contribution in [0.1, 0.15) is 30.7 Å². The van der Waals surface area contributed by atoms with Crippen LogP contribution in [0.15, 0.2) is 30.3 Å². The molecule has 1 aliphatic rings. The molecule has 1 heteroatoms. The van der Waals surface area contributed by atoms with Crippen molar-refractivity contribution in [1.82, 2.24) is 0 Å². The SMILES string of the molecule is [CH3-].[Mg+2].c1ccc(C2C[CH-]CC2)cc1. The summed E-state index contributed by atoms with van der Waals surface area (Å²) in [5.41, 5.74) is 1.52. The summed E-state index contributed by atoms with van der Waals surface area (Å²) in [5, 5.41) is 0. The van der Waals surface area contributed by atoms with Crippen molar-refractivity contribution in [2.45, 2.75) is 25.2 Å². The zero-order valence-corrected chi connectivity index (χ0v) is 9.78. The van der Waals surface area contributed by atoms with Crippen LogP contribution in [0.2, 0.25) is 0 Å². The first kappa shape index (κ1) is 13.0. The molecule has 1 fully saturated rings. The maximum atomic E-state index is 2.40. The van der Waals surface area contributed by atoms with Crippen LogP contribution in [0.3, 0.4) is 0 Å². The molecule has 0 aromatic heterocycles. The van der Waals surface area contributed by atoms with Gasteiger partial charge in [0.1, 0.15) is 0 Å². The van der Waals surface area contributed by atoms with E-state index in [1.54, 1.807) is 0 Å². The summed E-state index contributed by atoms with van der Waals surface area (Å²) >= 11 is 0. The van der Waals surface area contributed by atoms with Crippen LogP contribution in [0, 0.1) is 13.8 Å². The third-order valence-electron chi connectivity index (χ3n) is 2.44. The first-order valence-corrected chi connectivity index (χ1v) is 4.33. The third-order valence-corrected chi connectivity index (χ3v) is 2.44. The molecule has 1 saturated carbocycles. The van der Waals surface area contributed by atoms with Crippen molar-refractivity contribution in [3.63, 3.8) is 0 Å². The average molecular weight is 185 g/mol. The van der Waals surface area contributed by atoms with Crippen molar-refractivity contribution in [2.24, 2.45) is 0 Å². The molecule has 66 valence electrons. The van der Waals surface area contributed by atoms with Gasteiger partial charge in [-0.2, -0.15) is 12.8 Å². The van der Waals surface area contributed by atoms with Crippen molar-refractivity contribution < 1.29 is 0 Å². The summed E-state index contributed by atoms with van der Waals surface area (Å²) < 4.78 is 0. The van der Waals surface area contributed by atoms with Gasteiger partial charge in [-0.1, -0.05) is 36.8 Å². The van der Waals surface area contributed by atoms with E-state index in [1.165, 1.54) is 24.8 Å². The molecule has 0 bridgehead atoms. The van der Waals surface area contributed by atoms with Crippen molar-refractivity contribution >= 4 is 23.1 Å². The van der Waals surface area contributed by atoms with Crippen LogP contribution in [-0.2, 0) is 0 Å². The maximum absolute atomic E-state index is 2.40. The van der Waals surface area contributed by atoms with Crippen molar-refractivity contribution in [2.75, 3.05) is 0 Å².